The summed E-state index contributed by atoms with van der Waals surface area (Å²) in [4.78, 5) is 14.7. The molecule has 1 saturated heterocycles. The normalized spacial score (nSPS) is 16.2. The number of ether oxygens (including phenoxy) is 1. The number of rotatable bonds is 5. The Morgan fingerprint density at radius 3 is 2.19 bits per heavy atom. The molecule has 0 unspecified atom stereocenters. The Morgan fingerprint density at radius 2 is 1.65 bits per heavy atom. The van der Waals surface area contributed by atoms with Crippen LogP contribution < -0.4 is 10.1 Å². The first kappa shape index (κ1) is 23.0. The minimum absolute atomic E-state index is 0.0439. The third kappa shape index (κ3) is 5.17. The number of carbonyl (C=O) groups excluding carboxylic acids is 1. The van der Waals surface area contributed by atoms with Crippen LogP contribution in [0.25, 0.3) is 0 Å². The van der Waals surface area contributed by atoms with Crippen molar-refractivity contribution in [3.63, 3.8) is 0 Å². The van der Waals surface area contributed by atoms with Crippen molar-refractivity contribution in [2.75, 3.05) is 45.7 Å². The molecule has 0 aliphatic carbocycles. The van der Waals surface area contributed by atoms with Gasteiger partial charge in [-0.1, -0.05) is 0 Å². The Hall–Kier alpha value is -2.63. The molecule has 1 amide bonds. The number of methoxy groups -OCH3 is 1. The number of halogens is 3. The third-order valence-electron chi connectivity index (χ3n) is 4.99. The number of sulfonamides is 1. The van der Waals surface area contributed by atoms with Crippen molar-refractivity contribution in [3.8, 4) is 5.75 Å². The lowest BCUT2D eigenvalue weighted by molar-refractivity contribution is -0.137. The number of amides is 1. The summed E-state index contributed by atoms with van der Waals surface area (Å²) in [6.45, 7) is 1.85. The fraction of sp³-hybridized carbons (Fsp3) is 0.350. The summed E-state index contributed by atoms with van der Waals surface area (Å²) in [6, 6.07) is 7.90. The first-order valence-corrected chi connectivity index (χ1v) is 10.8. The molecule has 168 valence electrons. The smallest absolute Gasteiger partial charge is 0.416 e. The van der Waals surface area contributed by atoms with Crippen LogP contribution in [0.15, 0.2) is 47.4 Å². The quantitative estimate of drug-likeness (QED) is 0.747. The highest BCUT2D eigenvalue weighted by molar-refractivity contribution is 7.89. The zero-order valence-corrected chi connectivity index (χ0v) is 17.8. The SMILES string of the molecule is COc1ccc(S(=O)(=O)N2CCN(C)CC2)cc1C(=O)Nc1ccc(C(F)(F)F)cc1. The molecule has 1 heterocycles. The van der Waals surface area contributed by atoms with Gasteiger partial charge in [-0.2, -0.15) is 17.5 Å². The highest BCUT2D eigenvalue weighted by Crippen LogP contribution is 2.30. The summed E-state index contributed by atoms with van der Waals surface area (Å²) in [5, 5.41) is 2.47. The molecule has 2 aromatic carbocycles. The lowest BCUT2D eigenvalue weighted by Crippen LogP contribution is -2.47. The topological polar surface area (TPSA) is 79.0 Å². The van der Waals surface area contributed by atoms with Gasteiger partial charge >= 0.3 is 6.18 Å². The number of likely N-dealkylation sites (N-methyl/N-ethyl adjacent to an activating group) is 1. The zero-order valence-electron chi connectivity index (χ0n) is 16.9. The minimum Gasteiger partial charge on any atom is -0.496 e. The Balaban J connectivity index is 1.85. The Labute approximate surface area is 178 Å². The van der Waals surface area contributed by atoms with Crippen molar-refractivity contribution in [2.24, 2.45) is 0 Å². The molecule has 0 atom stereocenters. The molecule has 7 nitrogen and oxygen atoms in total. The van der Waals surface area contributed by atoms with Crippen molar-refractivity contribution in [2.45, 2.75) is 11.1 Å². The number of alkyl halides is 3. The van der Waals surface area contributed by atoms with Crippen LogP contribution in [0.5, 0.6) is 5.75 Å². The zero-order chi connectivity index (χ0) is 22.8. The number of nitrogens with one attached hydrogen (secondary N) is 1. The molecule has 0 radical (unpaired) electrons. The summed E-state index contributed by atoms with van der Waals surface area (Å²) in [6.07, 6.45) is -4.49. The molecular weight excluding hydrogens is 435 g/mol. The summed E-state index contributed by atoms with van der Waals surface area (Å²) in [5.41, 5.74) is -0.756. The van der Waals surface area contributed by atoms with E-state index in [1.165, 1.54) is 29.6 Å². The summed E-state index contributed by atoms with van der Waals surface area (Å²) < 4.78 is 70.6. The van der Waals surface area contributed by atoms with Crippen LogP contribution in [-0.2, 0) is 16.2 Å². The highest BCUT2D eigenvalue weighted by atomic mass is 32.2. The second-order valence-electron chi connectivity index (χ2n) is 7.10. The van der Waals surface area contributed by atoms with Crippen LogP contribution in [0.1, 0.15) is 15.9 Å². The predicted molar refractivity (Wildman–Crippen MR) is 109 cm³/mol. The van der Waals surface area contributed by atoms with E-state index in [-0.39, 0.29) is 21.9 Å². The number of carbonyl (C=O) groups is 1. The summed E-state index contributed by atoms with van der Waals surface area (Å²) in [5.74, 6) is -0.561. The fourth-order valence-electron chi connectivity index (χ4n) is 3.14. The predicted octanol–water partition coefficient (Wildman–Crippen LogP) is 2.90. The van der Waals surface area contributed by atoms with E-state index in [0.717, 1.165) is 24.3 Å². The maximum atomic E-state index is 13.0. The van der Waals surface area contributed by atoms with Crippen LogP contribution >= 0.6 is 0 Å². The average Bonchev–Trinajstić information content (AvgIpc) is 2.73. The van der Waals surface area contributed by atoms with Gasteiger partial charge in [0.1, 0.15) is 5.75 Å². The molecule has 1 N–H and O–H groups in total. The van der Waals surface area contributed by atoms with E-state index < -0.39 is 27.7 Å². The van der Waals surface area contributed by atoms with Gasteiger partial charge in [0.05, 0.1) is 23.1 Å². The summed E-state index contributed by atoms with van der Waals surface area (Å²) >= 11 is 0. The summed E-state index contributed by atoms with van der Waals surface area (Å²) in [7, 11) is -0.579. The maximum Gasteiger partial charge on any atom is 0.416 e. The number of anilines is 1. The van der Waals surface area contributed by atoms with E-state index in [9.17, 15) is 26.4 Å². The molecule has 1 aliphatic heterocycles. The molecule has 0 bridgehead atoms. The van der Waals surface area contributed by atoms with Crippen molar-refractivity contribution >= 4 is 21.6 Å². The number of hydrogen-bond donors (Lipinski definition) is 1. The van der Waals surface area contributed by atoms with E-state index >= 15 is 0 Å². The van der Waals surface area contributed by atoms with Gasteiger partial charge in [0, 0.05) is 31.9 Å². The number of benzene rings is 2. The number of nitrogens with zero attached hydrogens (tertiary/aromatic N) is 2. The Bertz CT molecular complexity index is 1050. The van der Waals surface area contributed by atoms with E-state index in [4.69, 9.17) is 4.74 Å². The third-order valence-corrected chi connectivity index (χ3v) is 6.88. The van der Waals surface area contributed by atoms with E-state index in [2.05, 4.69) is 5.32 Å². The molecule has 1 fully saturated rings. The van der Waals surface area contributed by atoms with Gasteiger partial charge in [-0.05, 0) is 49.5 Å². The second-order valence-corrected chi connectivity index (χ2v) is 9.04. The van der Waals surface area contributed by atoms with E-state index in [1.54, 1.807) is 0 Å². The van der Waals surface area contributed by atoms with Crippen molar-refractivity contribution in [1.29, 1.82) is 0 Å². The van der Waals surface area contributed by atoms with Gasteiger partial charge < -0.3 is 15.0 Å². The number of hydrogen-bond acceptors (Lipinski definition) is 5. The van der Waals surface area contributed by atoms with Gasteiger partial charge in [0.15, 0.2) is 0 Å². The molecule has 0 aromatic heterocycles. The largest absolute Gasteiger partial charge is 0.496 e. The van der Waals surface area contributed by atoms with Crippen molar-refractivity contribution in [1.82, 2.24) is 9.21 Å². The lowest BCUT2D eigenvalue weighted by Gasteiger charge is -2.31. The van der Waals surface area contributed by atoms with Crippen LogP contribution in [-0.4, -0.2) is 63.9 Å². The molecule has 0 spiro atoms. The first-order valence-electron chi connectivity index (χ1n) is 9.38. The highest BCUT2D eigenvalue weighted by Gasteiger charge is 2.31. The Kier molecular flexibility index (Phi) is 6.58. The molecule has 2 aromatic rings. The van der Waals surface area contributed by atoms with Gasteiger partial charge in [-0.3, -0.25) is 4.79 Å². The van der Waals surface area contributed by atoms with E-state index in [1.807, 2.05) is 11.9 Å². The van der Waals surface area contributed by atoms with E-state index in [0.29, 0.717) is 26.2 Å². The molecule has 0 saturated carbocycles. The van der Waals surface area contributed by atoms with Crippen LogP contribution in [0.2, 0.25) is 0 Å². The second kappa shape index (κ2) is 8.85. The first-order chi connectivity index (χ1) is 14.5. The maximum absolute atomic E-state index is 13.0. The Morgan fingerprint density at radius 1 is 1.03 bits per heavy atom. The lowest BCUT2D eigenvalue weighted by atomic mass is 10.1. The van der Waals surface area contributed by atoms with Gasteiger partial charge in [-0.25, -0.2) is 8.42 Å². The van der Waals surface area contributed by atoms with Crippen molar-refractivity contribution < 1.29 is 31.1 Å². The molecule has 11 heteroatoms. The monoisotopic (exact) mass is 457 g/mol. The number of piperazine rings is 1. The molecule has 1 aliphatic rings. The molecule has 31 heavy (non-hydrogen) atoms. The van der Waals surface area contributed by atoms with Crippen LogP contribution in [0.4, 0.5) is 18.9 Å². The van der Waals surface area contributed by atoms with Crippen LogP contribution in [0, 0.1) is 0 Å². The van der Waals surface area contributed by atoms with Gasteiger partial charge in [-0.15, -0.1) is 0 Å². The minimum atomic E-state index is -4.49. The molecule has 3 rings (SSSR count). The van der Waals surface area contributed by atoms with Crippen LogP contribution in [0.3, 0.4) is 0 Å². The van der Waals surface area contributed by atoms with Gasteiger partial charge in [0.2, 0.25) is 10.0 Å². The standard InChI is InChI=1S/C20H22F3N3O4S/c1-25-9-11-26(12-10-25)31(28,29)16-7-8-18(30-2)17(13-16)19(27)24-15-5-3-14(4-6-15)20(21,22)23/h3-8,13H,9-12H2,1-2H3,(H,24,27). The van der Waals surface area contributed by atoms with Gasteiger partial charge in [0.25, 0.3) is 5.91 Å². The fourth-order valence-corrected chi connectivity index (χ4v) is 4.59. The molecular formula is C20H22F3N3O4S. The van der Waals surface area contributed by atoms with Crippen molar-refractivity contribution in [3.05, 3.63) is 53.6 Å². The average molecular weight is 457 g/mol.